The van der Waals surface area contributed by atoms with Crippen LogP contribution in [0, 0.1) is 6.92 Å². The molecule has 4 nitrogen and oxygen atoms in total. The third-order valence-corrected chi connectivity index (χ3v) is 2.75. The molecule has 0 fully saturated rings. The number of anilines is 1. The van der Waals surface area contributed by atoms with Gasteiger partial charge in [0.15, 0.2) is 0 Å². The molecule has 1 aromatic heterocycles. The third kappa shape index (κ3) is 3.20. The molecule has 0 unspecified atom stereocenters. The Morgan fingerprint density at radius 1 is 1.62 bits per heavy atom. The number of carbonyl (C=O) groups excluding carboxylic acids is 1. The van der Waals surface area contributed by atoms with E-state index in [0.29, 0.717) is 6.54 Å². The van der Waals surface area contributed by atoms with E-state index in [4.69, 9.17) is 0 Å². The molecule has 1 N–H and O–H groups in total. The second kappa shape index (κ2) is 5.84. The van der Waals surface area contributed by atoms with Crippen molar-refractivity contribution >= 4 is 27.7 Å². The Balaban J connectivity index is 2.90. The van der Waals surface area contributed by atoms with Crippen LogP contribution in [0.4, 0.5) is 5.82 Å². The van der Waals surface area contributed by atoms with E-state index in [9.17, 15) is 4.79 Å². The van der Waals surface area contributed by atoms with Crippen molar-refractivity contribution in [3.63, 3.8) is 0 Å². The Hall–Kier alpha value is -1.10. The molecular weight excluding hydrogens is 270 g/mol. The van der Waals surface area contributed by atoms with E-state index in [0.717, 1.165) is 22.4 Å². The van der Waals surface area contributed by atoms with Gasteiger partial charge in [0.25, 0.3) is 0 Å². The van der Waals surface area contributed by atoms with Gasteiger partial charge in [-0.25, -0.2) is 4.98 Å². The van der Waals surface area contributed by atoms with E-state index in [1.54, 1.807) is 13.2 Å². The summed E-state index contributed by atoms with van der Waals surface area (Å²) in [6.07, 6.45) is 1.74. The summed E-state index contributed by atoms with van der Waals surface area (Å²) in [6.45, 7) is 5.08. The number of aryl methyl sites for hydroxylation is 1. The molecule has 1 rings (SSSR count). The Labute approximate surface area is 104 Å². The molecule has 5 heteroatoms. The van der Waals surface area contributed by atoms with Crippen LogP contribution in [0.5, 0.6) is 0 Å². The molecule has 0 bridgehead atoms. The number of hydrogen-bond donors (Lipinski definition) is 1. The quantitative estimate of drug-likeness (QED) is 0.916. The van der Waals surface area contributed by atoms with Gasteiger partial charge in [0.1, 0.15) is 5.82 Å². The second-order valence-corrected chi connectivity index (χ2v) is 4.40. The molecule has 16 heavy (non-hydrogen) atoms. The summed E-state index contributed by atoms with van der Waals surface area (Å²) < 4.78 is 0.949. The molecule has 0 spiro atoms. The lowest BCUT2D eigenvalue weighted by atomic mass is 10.2. The van der Waals surface area contributed by atoms with E-state index < -0.39 is 0 Å². The maximum atomic E-state index is 11.3. The minimum atomic E-state index is -0.00836. The van der Waals surface area contributed by atoms with Crippen LogP contribution in [0.15, 0.2) is 16.7 Å². The van der Waals surface area contributed by atoms with Crippen molar-refractivity contribution in [3.05, 3.63) is 22.3 Å². The summed E-state index contributed by atoms with van der Waals surface area (Å²) in [6, 6.07) is 1.99. The zero-order valence-electron chi connectivity index (χ0n) is 9.75. The van der Waals surface area contributed by atoms with Crippen molar-refractivity contribution in [2.45, 2.75) is 13.8 Å². The molecule has 0 saturated heterocycles. The van der Waals surface area contributed by atoms with Gasteiger partial charge < -0.3 is 10.2 Å². The van der Waals surface area contributed by atoms with Crippen molar-refractivity contribution in [3.8, 4) is 0 Å². The topological polar surface area (TPSA) is 45.2 Å². The fraction of sp³-hybridized carbons (Fsp3) is 0.455. The number of carbonyl (C=O) groups is 1. The van der Waals surface area contributed by atoms with Crippen LogP contribution in [0.3, 0.4) is 0 Å². The van der Waals surface area contributed by atoms with Crippen LogP contribution in [-0.2, 0) is 4.79 Å². The van der Waals surface area contributed by atoms with Gasteiger partial charge in [0.2, 0.25) is 5.91 Å². The summed E-state index contributed by atoms with van der Waals surface area (Å²) in [7, 11) is 1.64. The van der Waals surface area contributed by atoms with Crippen molar-refractivity contribution < 1.29 is 4.79 Å². The first-order valence-corrected chi connectivity index (χ1v) is 5.95. The number of likely N-dealkylation sites (N-methyl/N-ethyl adjacent to an activating group) is 2. The van der Waals surface area contributed by atoms with Crippen LogP contribution < -0.4 is 10.2 Å². The van der Waals surface area contributed by atoms with Crippen LogP contribution in [-0.4, -0.2) is 31.0 Å². The summed E-state index contributed by atoms with van der Waals surface area (Å²) in [5.41, 5.74) is 1.06. The SMILES string of the molecule is CCN(CC(=O)NC)c1ncc(Br)cc1C. The van der Waals surface area contributed by atoms with Gasteiger partial charge >= 0.3 is 0 Å². The van der Waals surface area contributed by atoms with Crippen molar-refractivity contribution in [1.29, 1.82) is 0 Å². The Bertz CT molecular complexity index is 381. The molecule has 0 saturated carbocycles. The normalized spacial score (nSPS) is 10.0. The van der Waals surface area contributed by atoms with Crippen LogP contribution in [0.2, 0.25) is 0 Å². The fourth-order valence-corrected chi connectivity index (χ4v) is 1.90. The highest BCUT2D eigenvalue weighted by atomic mass is 79.9. The summed E-state index contributed by atoms with van der Waals surface area (Å²) in [4.78, 5) is 17.6. The fourth-order valence-electron chi connectivity index (χ4n) is 1.45. The number of aromatic nitrogens is 1. The van der Waals surface area contributed by atoms with Crippen molar-refractivity contribution in [2.75, 3.05) is 25.0 Å². The van der Waals surface area contributed by atoms with Gasteiger partial charge in [-0.3, -0.25) is 4.79 Å². The summed E-state index contributed by atoms with van der Waals surface area (Å²) >= 11 is 3.37. The molecule has 0 radical (unpaired) electrons. The molecule has 0 aliphatic rings. The van der Waals surface area contributed by atoms with Gasteiger partial charge in [-0.05, 0) is 41.4 Å². The average Bonchev–Trinajstić information content (AvgIpc) is 2.26. The predicted octanol–water partition coefficient (Wildman–Crippen LogP) is 1.72. The number of nitrogens with one attached hydrogen (secondary N) is 1. The van der Waals surface area contributed by atoms with Gasteiger partial charge in [-0.15, -0.1) is 0 Å². The minimum absolute atomic E-state index is 0.00836. The maximum absolute atomic E-state index is 11.3. The summed E-state index contributed by atoms with van der Waals surface area (Å²) in [5.74, 6) is 0.847. The molecule has 1 heterocycles. The molecule has 1 aromatic rings. The molecule has 1 amide bonds. The lowest BCUT2D eigenvalue weighted by Gasteiger charge is -2.22. The van der Waals surface area contributed by atoms with Gasteiger partial charge in [0.05, 0.1) is 6.54 Å². The zero-order valence-corrected chi connectivity index (χ0v) is 11.3. The van der Waals surface area contributed by atoms with Crippen molar-refractivity contribution in [1.82, 2.24) is 10.3 Å². The molecule has 0 aliphatic carbocycles. The molecule has 0 atom stereocenters. The highest BCUT2D eigenvalue weighted by Crippen LogP contribution is 2.20. The minimum Gasteiger partial charge on any atom is -0.358 e. The largest absolute Gasteiger partial charge is 0.358 e. The number of pyridine rings is 1. The highest BCUT2D eigenvalue weighted by Gasteiger charge is 2.12. The first-order chi connectivity index (χ1) is 7.58. The number of hydrogen-bond acceptors (Lipinski definition) is 3. The van der Waals surface area contributed by atoms with E-state index >= 15 is 0 Å². The number of halogens is 1. The predicted molar refractivity (Wildman–Crippen MR) is 68.6 cm³/mol. The molecule has 88 valence electrons. The van der Waals surface area contributed by atoms with Crippen LogP contribution >= 0.6 is 15.9 Å². The Kier molecular flexibility index (Phi) is 4.73. The van der Waals surface area contributed by atoms with E-state index in [1.807, 2.05) is 24.8 Å². The Morgan fingerprint density at radius 2 is 2.31 bits per heavy atom. The number of nitrogens with zero attached hydrogens (tertiary/aromatic N) is 2. The lowest BCUT2D eigenvalue weighted by Crippen LogP contribution is -2.36. The number of rotatable bonds is 4. The van der Waals surface area contributed by atoms with Crippen molar-refractivity contribution in [2.24, 2.45) is 0 Å². The van der Waals surface area contributed by atoms with E-state index in [2.05, 4.69) is 26.2 Å². The first-order valence-electron chi connectivity index (χ1n) is 5.16. The average molecular weight is 286 g/mol. The first kappa shape index (κ1) is 13.0. The van der Waals surface area contributed by atoms with Gasteiger partial charge in [-0.2, -0.15) is 0 Å². The second-order valence-electron chi connectivity index (χ2n) is 3.48. The third-order valence-electron chi connectivity index (χ3n) is 2.31. The van der Waals surface area contributed by atoms with Crippen LogP contribution in [0.25, 0.3) is 0 Å². The molecule has 0 aromatic carbocycles. The standard InChI is InChI=1S/C11H16BrN3O/c1-4-15(7-10(16)13-3)11-8(2)5-9(12)6-14-11/h5-6H,4,7H2,1-3H3,(H,13,16). The smallest absolute Gasteiger partial charge is 0.239 e. The monoisotopic (exact) mass is 285 g/mol. The van der Waals surface area contributed by atoms with E-state index in [-0.39, 0.29) is 5.91 Å². The zero-order chi connectivity index (χ0) is 12.1. The van der Waals surface area contributed by atoms with Gasteiger partial charge in [0, 0.05) is 24.3 Å². The Morgan fingerprint density at radius 3 is 2.81 bits per heavy atom. The molecular formula is C11H16BrN3O. The highest BCUT2D eigenvalue weighted by molar-refractivity contribution is 9.10. The van der Waals surface area contributed by atoms with E-state index in [1.165, 1.54) is 0 Å². The summed E-state index contributed by atoms with van der Waals surface area (Å²) in [5, 5.41) is 2.61. The number of amides is 1. The van der Waals surface area contributed by atoms with Crippen LogP contribution in [0.1, 0.15) is 12.5 Å². The lowest BCUT2D eigenvalue weighted by molar-refractivity contribution is -0.119. The molecule has 0 aliphatic heterocycles. The van der Waals surface area contributed by atoms with Gasteiger partial charge in [-0.1, -0.05) is 0 Å². The maximum Gasteiger partial charge on any atom is 0.239 e.